The maximum atomic E-state index is 13.6. The Kier molecular flexibility index (Phi) is 7.64. The van der Waals surface area contributed by atoms with Crippen LogP contribution in [0.3, 0.4) is 0 Å². The summed E-state index contributed by atoms with van der Waals surface area (Å²) in [6.45, 7) is 3.87. The summed E-state index contributed by atoms with van der Waals surface area (Å²) in [5.41, 5.74) is 2.44. The number of hydrogen-bond acceptors (Lipinski definition) is 7. The Morgan fingerprint density at radius 2 is 1.88 bits per heavy atom. The summed E-state index contributed by atoms with van der Waals surface area (Å²) < 4.78 is 15.2. The van der Waals surface area contributed by atoms with Gasteiger partial charge in [-0.2, -0.15) is 0 Å². The van der Waals surface area contributed by atoms with Crippen molar-refractivity contribution < 1.29 is 28.6 Å². The van der Waals surface area contributed by atoms with Gasteiger partial charge in [-0.25, -0.2) is 4.79 Å². The molecule has 0 amide bonds. The van der Waals surface area contributed by atoms with Gasteiger partial charge in [-0.3, -0.25) is 9.59 Å². The van der Waals surface area contributed by atoms with E-state index >= 15 is 0 Å². The molecule has 0 saturated heterocycles. The SMILES string of the molecule is COCCOC(=O)C1=C(C)NC2=C(C(=O)[C@H](C(=O)OC)[C@@H](C)C2)[C@@H]1c1ccc(Cl)c(Cl)c1. The fraction of sp³-hybridized carbons (Fsp3) is 0.435. The van der Waals surface area contributed by atoms with E-state index in [0.29, 0.717) is 34.0 Å². The molecule has 0 radical (unpaired) electrons. The zero-order valence-electron chi connectivity index (χ0n) is 18.3. The van der Waals surface area contributed by atoms with Crippen molar-refractivity contribution in [2.75, 3.05) is 27.4 Å². The number of nitrogens with one attached hydrogen (secondary N) is 1. The summed E-state index contributed by atoms with van der Waals surface area (Å²) in [4.78, 5) is 39.1. The number of esters is 2. The number of rotatable bonds is 6. The van der Waals surface area contributed by atoms with Crippen molar-refractivity contribution in [2.24, 2.45) is 11.8 Å². The molecule has 1 aliphatic heterocycles. The second-order valence-corrected chi connectivity index (χ2v) is 8.65. The van der Waals surface area contributed by atoms with E-state index in [1.165, 1.54) is 14.2 Å². The third-order valence-corrected chi connectivity index (χ3v) is 6.50. The highest BCUT2D eigenvalue weighted by Gasteiger charge is 2.47. The number of carbonyl (C=O) groups excluding carboxylic acids is 3. The number of Topliss-reactive ketones (excluding diaryl/α,β-unsaturated/α-hetero) is 1. The highest BCUT2D eigenvalue weighted by molar-refractivity contribution is 6.42. The molecule has 32 heavy (non-hydrogen) atoms. The predicted octanol–water partition coefficient (Wildman–Crippen LogP) is 3.80. The van der Waals surface area contributed by atoms with Crippen LogP contribution in [0.15, 0.2) is 40.7 Å². The Hall–Kier alpha value is -2.35. The first-order chi connectivity index (χ1) is 15.2. The summed E-state index contributed by atoms with van der Waals surface area (Å²) in [5.74, 6) is -3.58. The lowest BCUT2D eigenvalue weighted by Crippen LogP contribution is -2.43. The zero-order chi connectivity index (χ0) is 23.6. The number of ether oxygens (including phenoxy) is 3. The summed E-state index contributed by atoms with van der Waals surface area (Å²) in [6, 6.07) is 4.94. The maximum Gasteiger partial charge on any atom is 0.336 e. The minimum Gasteiger partial charge on any atom is -0.468 e. The van der Waals surface area contributed by atoms with Crippen LogP contribution >= 0.6 is 23.2 Å². The number of carbonyl (C=O) groups is 3. The minimum atomic E-state index is -0.963. The largest absolute Gasteiger partial charge is 0.468 e. The molecule has 1 aromatic rings. The maximum absolute atomic E-state index is 13.6. The van der Waals surface area contributed by atoms with Crippen molar-refractivity contribution in [3.8, 4) is 0 Å². The molecule has 3 rings (SSSR count). The Labute approximate surface area is 196 Å². The quantitative estimate of drug-likeness (QED) is 0.375. The van der Waals surface area contributed by atoms with Gasteiger partial charge in [0, 0.05) is 30.0 Å². The lowest BCUT2D eigenvalue weighted by atomic mass is 9.69. The molecule has 9 heteroatoms. The predicted molar refractivity (Wildman–Crippen MR) is 119 cm³/mol. The zero-order valence-corrected chi connectivity index (χ0v) is 19.8. The average molecular weight is 482 g/mol. The summed E-state index contributed by atoms with van der Waals surface area (Å²) in [7, 11) is 2.76. The number of hydrogen-bond donors (Lipinski definition) is 1. The highest BCUT2D eigenvalue weighted by atomic mass is 35.5. The molecule has 0 unspecified atom stereocenters. The van der Waals surface area contributed by atoms with Crippen LogP contribution in [0, 0.1) is 11.8 Å². The first-order valence-corrected chi connectivity index (χ1v) is 10.9. The lowest BCUT2D eigenvalue weighted by molar-refractivity contribution is -0.151. The molecule has 0 spiro atoms. The number of benzene rings is 1. The molecule has 172 valence electrons. The third-order valence-electron chi connectivity index (χ3n) is 5.76. The third kappa shape index (κ3) is 4.56. The number of methoxy groups -OCH3 is 2. The van der Waals surface area contributed by atoms with Gasteiger partial charge in [-0.1, -0.05) is 36.2 Å². The Bertz CT molecular complexity index is 1020. The summed E-state index contributed by atoms with van der Waals surface area (Å²) in [6.07, 6.45) is 0.446. The fourth-order valence-corrected chi connectivity index (χ4v) is 4.58. The van der Waals surface area contributed by atoms with Crippen molar-refractivity contribution in [3.05, 3.63) is 56.3 Å². The van der Waals surface area contributed by atoms with E-state index in [9.17, 15) is 14.4 Å². The van der Waals surface area contributed by atoms with Crippen molar-refractivity contribution in [1.29, 1.82) is 0 Å². The van der Waals surface area contributed by atoms with E-state index < -0.39 is 23.8 Å². The molecule has 0 saturated carbocycles. The molecular formula is C23H25Cl2NO6. The van der Waals surface area contributed by atoms with Crippen molar-refractivity contribution in [1.82, 2.24) is 5.32 Å². The van der Waals surface area contributed by atoms with Crippen molar-refractivity contribution >= 4 is 40.9 Å². The van der Waals surface area contributed by atoms with Crippen LogP contribution in [0.1, 0.15) is 31.7 Å². The molecule has 1 heterocycles. The Morgan fingerprint density at radius 3 is 2.50 bits per heavy atom. The van der Waals surface area contributed by atoms with E-state index in [-0.39, 0.29) is 35.5 Å². The molecule has 0 fully saturated rings. The van der Waals surface area contributed by atoms with Crippen LogP contribution in [-0.4, -0.2) is 45.2 Å². The van der Waals surface area contributed by atoms with E-state index in [4.69, 9.17) is 37.4 Å². The van der Waals surface area contributed by atoms with Crippen LogP contribution < -0.4 is 5.32 Å². The average Bonchev–Trinajstić information content (AvgIpc) is 2.74. The van der Waals surface area contributed by atoms with E-state index in [1.807, 2.05) is 6.92 Å². The monoisotopic (exact) mass is 481 g/mol. The molecule has 1 aliphatic carbocycles. The van der Waals surface area contributed by atoms with Crippen LogP contribution in [0.4, 0.5) is 0 Å². The molecule has 3 atom stereocenters. The van der Waals surface area contributed by atoms with Crippen LogP contribution in [0.5, 0.6) is 0 Å². The molecule has 0 bridgehead atoms. The van der Waals surface area contributed by atoms with Gasteiger partial charge in [0.15, 0.2) is 5.78 Å². The van der Waals surface area contributed by atoms with Crippen molar-refractivity contribution in [3.63, 3.8) is 0 Å². The van der Waals surface area contributed by atoms with Gasteiger partial charge in [-0.05, 0) is 37.0 Å². The fourth-order valence-electron chi connectivity index (χ4n) is 4.27. The van der Waals surface area contributed by atoms with Gasteiger partial charge < -0.3 is 19.5 Å². The van der Waals surface area contributed by atoms with Crippen LogP contribution in [0.2, 0.25) is 10.0 Å². The topological polar surface area (TPSA) is 90.9 Å². The van der Waals surface area contributed by atoms with Gasteiger partial charge in [0.1, 0.15) is 12.5 Å². The molecule has 1 N–H and O–H groups in total. The van der Waals surface area contributed by atoms with Gasteiger partial charge in [0.2, 0.25) is 0 Å². The van der Waals surface area contributed by atoms with Crippen molar-refractivity contribution in [2.45, 2.75) is 26.2 Å². The molecule has 2 aliphatic rings. The number of dihydropyridines is 1. The molecule has 1 aromatic carbocycles. The normalized spacial score (nSPS) is 22.9. The minimum absolute atomic E-state index is 0.0574. The standard InChI is InChI=1S/C23H25Cl2NO6/c1-11-9-16-20(21(27)17(11)22(28)31-4)19(13-5-6-14(24)15(25)10-13)18(12(2)26-16)23(29)32-8-7-30-3/h5-6,10-11,17,19,26H,7-9H2,1-4H3/t11-,17+,19+/m0/s1. The number of ketones is 1. The molecule has 0 aromatic heterocycles. The molecular weight excluding hydrogens is 457 g/mol. The smallest absolute Gasteiger partial charge is 0.336 e. The second kappa shape index (κ2) is 10.1. The Morgan fingerprint density at radius 1 is 1.16 bits per heavy atom. The lowest BCUT2D eigenvalue weighted by Gasteiger charge is -2.38. The first-order valence-electron chi connectivity index (χ1n) is 10.1. The summed E-state index contributed by atoms with van der Waals surface area (Å²) >= 11 is 12.4. The van der Waals surface area contributed by atoms with Gasteiger partial charge in [0.05, 0.1) is 29.3 Å². The van der Waals surface area contributed by atoms with Gasteiger partial charge >= 0.3 is 11.9 Å². The highest BCUT2D eigenvalue weighted by Crippen LogP contribution is 2.46. The second-order valence-electron chi connectivity index (χ2n) is 7.84. The number of allylic oxidation sites excluding steroid dienone is 3. The van der Waals surface area contributed by atoms with Gasteiger partial charge in [-0.15, -0.1) is 0 Å². The summed E-state index contributed by atoms with van der Waals surface area (Å²) in [5, 5.41) is 3.83. The van der Waals surface area contributed by atoms with Gasteiger partial charge in [0.25, 0.3) is 0 Å². The van der Waals surface area contributed by atoms with Crippen LogP contribution in [0.25, 0.3) is 0 Å². The number of halogens is 2. The van der Waals surface area contributed by atoms with E-state index in [2.05, 4.69) is 5.32 Å². The van der Waals surface area contributed by atoms with E-state index in [1.54, 1.807) is 25.1 Å². The van der Waals surface area contributed by atoms with E-state index in [0.717, 1.165) is 0 Å². The first kappa shape index (κ1) is 24.3. The molecule has 7 nitrogen and oxygen atoms in total. The van der Waals surface area contributed by atoms with Crippen LogP contribution in [-0.2, 0) is 28.6 Å². The Balaban J connectivity index is 2.14.